The number of halogens is 2. The van der Waals surface area contributed by atoms with Crippen LogP contribution >= 0.6 is 27.5 Å². The molecule has 0 radical (unpaired) electrons. The molecule has 3 heteroatoms. The van der Waals surface area contributed by atoms with Gasteiger partial charge in [0.05, 0.1) is 0 Å². The van der Waals surface area contributed by atoms with Crippen molar-refractivity contribution in [1.29, 1.82) is 0 Å². The monoisotopic (exact) mass is 281 g/mol. The van der Waals surface area contributed by atoms with Gasteiger partial charge in [0, 0.05) is 17.1 Å². The zero-order chi connectivity index (χ0) is 10.7. The fraction of sp³-hybridized carbons (Fsp3) is 0.0833. The van der Waals surface area contributed by atoms with Gasteiger partial charge in [-0.2, -0.15) is 0 Å². The molecule has 15 heavy (non-hydrogen) atoms. The number of hydrogen-bond acceptors (Lipinski definition) is 1. The molecule has 1 aromatic heterocycles. The summed E-state index contributed by atoms with van der Waals surface area (Å²) in [7, 11) is 0. The SMILES string of the molecule is Clc1ncc(Br)cc1Cc1ccccc1. The number of hydrogen-bond donors (Lipinski definition) is 0. The molecule has 0 bridgehead atoms. The molecule has 0 aliphatic carbocycles. The van der Waals surface area contributed by atoms with E-state index in [0.29, 0.717) is 5.15 Å². The van der Waals surface area contributed by atoms with E-state index in [2.05, 4.69) is 33.0 Å². The molecular weight excluding hydrogens is 273 g/mol. The van der Waals surface area contributed by atoms with E-state index in [4.69, 9.17) is 11.6 Å². The highest BCUT2D eigenvalue weighted by atomic mass is 79.9. The molecule has 1 heterocycles. The van der Waals surface area contributed by atoms with E-state index >= 15 is 0 Å². The van der Waals surface area contributed by atoms with E-state index in [-0.39, 0.29) is 0 Å². The number of pyridine rings is 1. The van der Waals surface area contributed by atoms with Gasteiger partial charge >= 0.3 is 0 Å². The Morgan fingerprint density at radius 3 is 2.67 bits per heavy atom. The molecule has 0 N–H and O–H groups in total. The Labute approximate surface area is 102 Å². The minimum atomic E-state index is 0.571. The number of nitrogens with zero attached hydrogens (tertiary/aromatic N) is 1. The van der Waals surface area contributed by atoms with Crippen molar-refractivity contribution in [3.8, 4) is 0 Å². The summed E-state index contributed by atoms with van der Waals surface area (Å²) >= 11 is 9.40. The fourth-order valence-corrected chi connectivity index (χ4v) is 1.95. The van der Waals surface area contributed by atoms with Gasteiger partial charge in [-0.15, -0.1) is 0 Å². The highest BCUT2D eigenvalue weighted by Gasteiger charge is 2.03. The number of benzene rings is 1. The molecule has 0 unspecified atom stereocenters. The van der Waals surface area contributed by atoms with Gasteiger partial charge in [-0.3, -0.25) is 0 Å². The van der Waals surface area contributed by atoms with E-state index in [0.717, 1.165) is 16.5 Å². The summed E-state index contributed by atoms with van der Waals surface area (Å²) in [5.74, 6) is 0. The van der Waals surface area contributed by atoms with Gasteiger partial charge < -0.3 is 0 Å². The third kappa shape index (κ3) is 2.80. The average Bonchev–Trinajstić information content (AvgIpc) is 2.25. The van der Waals surface area contributed by atoms with Crippen LogP contribution in [0, 0.1) is 0 Å². The van der Waals surface area contributed by atoms with Gasteiger partial charge in [0.25, 0.3) is 0 Å². The second-order valence-corrected chi connectivity index (χ2v) is 4.54. The molecule has 0 atom stereocenters. The Hall–Kier alpha value is -0.860. The Kier molecular flexibility index (Phi) is 3.39. The molecule has 0 aliphatic rings. The van der Waals surface area contributed by atoms with Crippen molar-refractivity contribution in [2.75, 3.05) is 0 Å². The number of rotatable bonds is 2. The lowest BCUT2D eigenvalue weighted by Crippen LogP contribution is -1.91. The van der Waals surface area contributed by atoms with E-state index < -0.39 is 0 Å². The second-order valence-electron chi connectivity index (χ2n) is 3.27. The third-order valence-corrected chi connectivity index (χ3v) is 2.89. The van der Waals surface area contributed by atoms with Crippen molar-refractivity contribution >= 4 is 27.5 Å². The third-order valence-electron chi connectivity index (χ3n) is 2.12. The Bertz CT molecular complexity index is 456. The smallest absolute Gasteiger partial charge is 0.132 e. The Morgan fingerprint density at radius 2 is 1.93 bits per heavy atom. The van der Waals surface area contributed by atoms with Crippen LogP contribution in [0.1, 0.15) is 11.1 Å². The lowest BCUT2D eigenvalue weighted by atomic mass is 10.1. The van der Waals surface area contributed by atoms with Crippen LogP contribution in [-0.2, 0) is 6.42 Å². The number of aromatic nitrogens is 1. The van der Waals surface area contributed by atoms with Crippen LogP contribution in [-0.4, -0.2) is 4.98 Å². The van der Waals surface area contributed by atoms with Gasteiger partial charge in [0.1, 0.15) is 5.15 Å². The summed E-state index contributed by atoms with van der Waals surface area (Å²) < 4.78 is 0.956. The largest absolute Gasteiger partial charge is 0.243 e. The van der Waals surface area contributed by atoms with E-state index in [9.17, 15) is 0 Å². The first-order valence-corrected chi connectivity index (χ1v) is 5.76. The molecule has 0 spiro atoms. The van der Waals surface area contributed by atoms with Gasteiger partial charge in [0.2, 0.25) is 0 Å². The minimum absolute atomic E-state index is 0.571. The first kappa shape index (κ1) is 10.7. The summed E-state index contributed by atoms with van der Waals surface area (Å²) in [6, 6.07) is 12.2. The molecule has 2 rings (SSSR count). The summed E-state index contributed by atoms with van der Waals surface area (Å²) in [6.07, 6.45) is 2.52. The maximum absolute atomic E-state index is 6.01. The van der Waals surface area contributed by atoms with Crippen LogP contribution in [0.4, 0.5) is 0 Å². The van der Waals surface area contributed by atoms with Crippen molar-refractivity contribution in [2.45, 2.75) is 6.42 Å². The van der Waals surface area contributed by atoms with Crippen LogP contribution in [0.5, 0.6) is 0 Å². The predicted octanol–water partition coefficient (Wildman–Crippen LogP) is 4.09. The fourth-order valence-electron chi connectivity index (χ4n) is 1.40. The highest BCUT2D eigenvalue weighted by Crippen LogP contribution is 2.20. The Balaban J connectivity index is 2.28. The van der Waals surface area contributed by atoms with Crippen LogP contribution in [0.25, 0.3) is 0 Å². The quantitative estimate of drug-likeness (QED) is 0.756. The van der Waals surface area contributed by atoms with Crippen molar-refractivity contribution < 1.29 is 0 Å². The molecule has 1 aromatic carbocycles. The molecule has 0 saturated carbocycles. The lowest BCUT2D eigenvalue weighted by Gasteiger charge is -2.04. The normalized spacial score (nSPS) is 10.3. The topological polar surface area (TPSA) is 12.9 Å². The van der Waals surface area contributed by atoms with Crippen LogP contribution < -0.4 is 0 Å². The van der Waals surface area contributed by atoms with Crippen LogP contribution in [0.2, 0.25) is 5.15 Å². The molecule has 76 valence electrons. The first-order valence-electron chi connectivity index (χ1n) is 4.59. The van der Waals surface area contributed by atoms with Crippen molar-refractivity contribution in [2.24, 2.45) is 0 Å². The highest BCUT2D eigenvalue weighted by molar-refractivity contribution is 9.10. The van der Waals surface area contributed by atoms with Crippen molar-refractivity contribution in [3.05, 3.63) is 63.3 Å². The Morgan fingerprint density at radius 1 is 1.20 bits per heavy atom. The molecule has 0 amide bonds. The zero-order valence-corrected chi connectivity index (χ0v) is 10.3. The summed E-state index contributed by atoms with van der Waals surface area (Å²) in [4.78, 5) is 4.09. The molecule has 0 saturated heterocycles. The van der Waals surface area contributed by atoms with Crippen LogP contribution in [0.3, 0.4) is 0 Å². The standard InChI is InChI=1S/C12H9BrClN/c13-11-7-10(12(14)15-8-11)6-9-4-2-1-3-5-9/h1-5,7-8H,6H2. The first-order chi connectivity index (χ1) is 7.25. The summed E-state index contributed by atoms with van der Waals surface area (Å²) in [5.41, 5.74) is 2.27. The zero-order valence-electron chi connectivity index (χ0n) is 7.95. The molecule has 0 aliphatic heterocycles. The van der Waals surface area contributed by atoms with Crippen LogP contribution in [0.15, 0.2) is 47.1 Å². The van der Waals surface area contributed by atoms with E-state index in [1.165, 1.54) is 5.56 Å². The van der Waals surface area contributed by atoms with Gasteiger partial charge in [-0.1, -0.05) is 41.9 Å². The molecule has 2 aromatic rings. The van der Waals surface area contributed by atoms with Gasteiger partial charge in [0.15, 0.2) is 0 Å². The predicted molar refractivity (Wildman–Crippen MR) is 66.2 cm³/mol. The van der Waals surface area contributed by atoms with Gasteiger partial charge in [-0.25, -0.2) is 4.98 Å². The van der Waals surface area contributed by atoms with E-state index in [1.807, 2.05) is 24.3 Å². The summed E-state index contributed by atoms with van der Waals surface area (Å²) in [5, 5.41) is 0.571. The second kappa shape index (κ2) is 4.77. The summed E-state index contributed by atoms with van der Waals surface area (Å²) in [6.45, 7) is 0. The lowest BCUT2D eigenvalue weighted by molar-refractivity contribution is 1.14. The maximum Gasteiger partial charge on any atom is 0.132 e. The average molecular weight is 283 g/mol. The van der Waals surface area contributed by atoms with Gasteiger partial charge in [-0.05, 0) is 33.1 Å². The molecular formula is C12H9BrClN. The van der Waals surface area contributed by atoms with Crippen molar-refractivity contribution in [3.63, 3.8) is 0 Å². The van der Waals surface area contributed by atoms with Crippen molar-refractivity contribution in [1.82, 2.24) is 4.98 Å². The maximum atomic E-state index is 6.01. The minimum Gasteiger partial charge on any atom is -0.243 e. The molecule has 0 fully saturated rings. The molecule has 1 nitrogen and oxygen atoms in total. The van der Waals surface area contributed by atoms with E-state index in [1.54, 1.807) is 6.20 Å².